The van der Waals surface area contributed by atoms with Crippen LogP contribution in [0, 0.1) is 0 Å². The zero-order valence-electron chi connectivity index (χ0n) is 10.7. The second-order valence-corrected chi connectivity index (χ2v) is 4.12. The summed E-state index contributed by atoms with van der Waals surface area (Å²) in [5.74, 6) is 0. The van der Waals surface area contributed by atoms with Crippen LogP contribution >= 0.6 is 0 Å². The van der Waals surface area contributed by atoms with Gasteiger partial charge >= 0.3 is 7.12 Å². The van der Waals surface area contributed by atoms with Crippen LogP contribution in [0.3, 0.4) is 0 Å². The topological polar surface area (TPSA) is 31.4 Å². The van der Waals surface area contributed by atoms with Gasteiger partial charge in [0.05, 0.1) is 11.7 Å². The van der Waals surface area contributed by atoms with Gasteiger partial charge in [-0.25, -0.2) is 0 Å². The van der Waals surface area contributed by atoms with Crippen molar-refractivity contribution in [2.24, 2.45) is 0 Å². The lowest BCUT2D eigenvalue weighted by molar-refractivity contribution is 0.0842. The number of rotatable bonds is 1. The van der Waals surface area contributed by atoms with E-state index in [1.54, 1.807) is 12.4 Å². The highest BCUT2D eigenvalue weighted by molar-refractivity contribution is 6.61. The Bertz CT molecular complexity index is 316. The number of hydrogen-bond donors (Lipinski definition) is 0. The molecule has 0 spiro atoms. The second kappa shape index (κ2) is 5.46. The minimum Gasteiger partial charge on any atom is -0.402 e. The summed E-state index contributed by atoms with van der Waals surface area (Å²) < 4.78 is 11.5. The number of pyridine rings is 1. The molecule has 0 aromatic carbocycles. The maximum Gasteiger partial charge on any atom is 0.496 e. The molecule has 0 amide bonds. The molecule has 4 heteroatoms. The first kappa shape index (κ1) is 13.2. The van der Waals surface area contributed by atoms with E-state index in [0.29, 0.717) is 0 Å². The predicted molar refractivity (Wildman–Crippen MR) is 66.7 cm³/mol. The summed E-state index contributed by atoms with van der Waals surface area (Å²) >= 11 is 0. The van der Waals surface area contributed by atoms with E-state index in [0.717, 1.165) is 5.46 Å². The smallest absolute Gasteiger partial charge is 0.402 e. The van der Waals surface area contributed by atoms with Crippen molar-refractivity contribution in [1.29, 1.82) is 0 Å². The van der Waals surface area contributed by atoms with Crippen LogP contribution in [-0.4, -0.2) is 23.8 Å². The van der Waals surface area contributed by atoms with Crippen molar-refractivity contribution < 1.29 is 9.31 Å². The molecule has 0 aliphatic carbocycles. The lowest BCUT2D eigenvalue weighted by Crippen LogP contribution is -2.34. The SMILES string of the molecule is CC.CC1OB(c2cccnc2)OC1(C)C. The fourth-order valence-corrected chi connectivity index (χ4v) is 1.41. The van der Waals surface area contributed by atoms with Gasteiger partial charge in [0.1, 0.15) is 0 Å². The van der Waals surface area contributed by atoms with Crippen molar-refractivity contribution in [2.45, 2.75) is 46.3 Å². The molecule has 0 saturated carbocycles. The van der Waals surface area contributed by atoms with Gasteiger partial charge in [0.25, 0.3) is 0 Å². The summed E-state index contributed by atoms with van der Waals surface area (Å²) in [5.41, 5.74) is 0.755. The molecule has 1 saturated heterocycles. The molecule has 88 valence electrons. The molecule has 2 rings (SSSR count). The van der Waals surface area contributed by atoms with Crippen LogP contribution in [0.4, 0.5) is 0 Å². The highest BCUT2D eigenvalue weighted by Crippen LogP contribution is 2.26. The van der Waals surface area contributed by atoms with E-state index in [1.165, 1.54) is 0 Å². The van der Waals surface area contributed by atoms with Crippen molar-refractivity contribution in [3.63, 3.8) is 0 Å². The highest BCUT2D eigenvalue weighted by atomic mass is 16.7. The Balaban J connectivity index is 0.000000606. The third-order valence-corrected chi connectivity index (χ3v) is 2.67. The van der Waals surface area contributed by atoms with Crippen molar-refractivity contribution in [3.8, 4) is 0 Å². The predicted octanol–water partition coefficient (Wildman–Crippen LogP) is 2.02. The van der Waals surface area contributed by atoms with Crippen molar-refractivity contribution >= 4 is 12.6 Å². The van der Waals surface area contributed by atoms with Gasteiger partial charge in [-0.05, 0) is 26.8 Å². The Morgan fingerprint density at radius 1 is 1.38 bits per heavy atom. The first-order chi connectivity index (χ1) is 7.59. The monoisotopic (exact) mass is 221 g/mol. The third kappa shape index (κ3) is 2.83. The average Bonchev–Trinajstić information content (AvgIpc) is 2.58. The quantitative estimate of drug-likeness (QED) is 0.680. The van der Waals surface area contributed by atoms with Crippen LogP contribution < -0.4 is 5.46 Å². The van der Waals surface area contributed by atoms with Crippen molar-refractivity contribution in [2.75, 3.05) is 0 Å². The zero-order valence-corrected chi connectivity index (χ0v) is 10.7. The standard InChI is InChI=1S/C10H14BNO2.C2H6/c1-8-10(2,3)14-11(13-8)9-5-4-6-12-7-9;1-2/h4-8H,1-3H3;1-2H3. The maximum atomic E-state index is 5.78. The van der Waals surface area contributed by atoms with Crippen LogP contribution in [0.5, 0.6) is 0 Å². The van der Waals surface area contributed by atoms with Crippen LogP contribution in [-0.2, 0) is 9.31 Å². The van der Waals surface area contributed by atoms with E-state index in [4.69, 9.17) is 9.31 Å². The highest BCUT2D eigenvalue weighted by Gasteiger charge is 2.43. The molecular formula is C12H20BNO2. The van der Waals surface area contributed by atoms with Crippen LogP contribution in [0.2, 0.25) is 0 Å². The molecule has 1 atom stereocenters. The summed E-state index contributed by atoms with van der Waals surface area (Å²) in [7, 11) is -0.270. The van der Waals surface area contributed by atoms with Gasteiger partial charge in [-0.3, -0.25) is 4.98 Å². The minimum absolute atomic E-state index is 0.104. The molecule has 1 aliphatic heterocycles. The molecule has 0 N–H and O–H groups in total. The van der Waals surface area contributed by atoms with Gasteiger partial charge in [0.2, 0.25) is 0 Å². The Morgan fingerprint density at radius 3 is 2.50 bits per heavy atom. The van der Waals surface area contributed by atoms with Gasteiger partial charge in [-0.2, -0.15) is 0 Å². The molecule has 1 aromatic heterocycles. The molecule has 1 aromatic rings. The Hall–Kier alpha value is -0.865. The molecular weight excluding hydrogens is 201 g/mol. The molecule has 16 heavy (non-hydrogen) atoms. The first-order valence-electron chi connectivity index (χ1n) is 5.83. The largest absolute Gasteiger partial charge is 0.496 e. The summed E-state index contributed by atoms with van der Waals surface area (Å²) in [6.45, 7) is 10.1. The first-order valence-corrected chi connectivity index (χ1v) is 5.83. The van der Waals surface area contributed by atoms with Crippen molar-refractivity contribution in [1.82, 2.24) is 4.98 Å². The van der Waals surface area contributed by atoms with E-state index in [9.17, 15) is 0 Å². The van der Waals surface area contributed by atoms with E-state index in [1.807, 2.05) is 46.8 Å². The fourth-order valence-electron chi connectivity index (χ4n) is 1.41. The Kier molecular flexibility index (Phi) is 4.50. The number of aromatic nitrogens is 1. The van der Waals surface area contributed by atoms with Crippen LogP contribution in [0.1, 0.15) is 34.6 Å². The summed E-state index contributed by atoms with van der Waals surface area (Å²) in [6, 6.07) is 3.85. The lowest BCUT2D eigenvalue weighted by atomic mass is 9.80. The Labute approximate surface area is 98.3 Å². The average molecular weight is 221 g/mol. The zero-order chi connectivity index (χ0) is 12.2. The minimum atomic E-state index is -0.270. The van der Waals surface area contributed by atoms with Crippen LogP contribution in [0.15, 0.2) is 24.5 Å². The molecule has 1 unspecified atom stereocenters. The van der Waals surface area contributed by atoms with Gasteiger partial charge in [0.15, 0.2) is 0 Å². The van der Waals surface area contributed by atoms with E-state index in [-0.39, 0.29) is 18.8 Å². The fraction of sp³-hybridized carbons (Fsp3) is 0.583. The number of hydrogen-bond acceptors (Lipinski definition) is 3. The van der Waals surface area contributed by atoms with Crippen LogP contribution in [0.25, 0.3) is 0 Å². The molecule has 0 bridgehead atoms. The summed E-state index contributed by atoms with van der Waals surface area (Å²) in [6.07, 6.45) is 3.62. The molecule has 0 radical (unpaired) electrons. The number of nitrogens with zero attached hydrogens (tertiary/aromatic N) is 1. The molecule has 1 aliphatic rings. The maximum absolute atomic E-state index is 5.78. The molecule has 2 heterocycles. The normalized spacial score (nSPS) is 22.6. The summed E-state index contributed by atoms with van der Waals surface area (Å²) in [5, 5.41) is 0. The third-order valence-electron chi connectivity index (χ3n) is 2.67. The van der Waals surface area contributed by atoms with Gasteiger partial charge in [-0.15, -0.1) is 0 Å². The van der Waals surface area contributed by atoms with Gasteiger partial charge < -0.3 is 9.31 Å². The van der Waals surface area contributed by atoms with Gasteiger partial charge in [-0.1, -0.05) is 19.9 Å². The van der Waals surface area contributed by atoms with Gasteiger partial charge in [0, 0.05) is 17.9 Å². The van der Waals surface area contributed by atoms with E-state index >= 15 is 0 Å². The molecule has 1 fully saturated rings. The van der Waals surface area contributed by atoms with Crippen molar-refractivity contribution in [3.05, 3.63) is 24.5 Å². The Morgan fingerprint density at radius 2 is 2.06 bits per heavy atom. The lowest BCUT2D eigenvalue weighted by Gasteiger charge is -2.21. The molecule has 3 nitrogen and oxygen atoms in total. The summed E-state index contributed by atoms with van der Waals surface area (Å²) in [4.78, 5) is 4.04. The van der Waals surface area contributed by atoms with E-state index < -0.39 is 0 Å². The van der Waals surface area contributed by atoms with E-state index in [2.05, 4.69) is 4.98 Å². The second-order valence-electron chi connectivity index (χ2n) is 4.12.